The van der Waals surface area contributed by atoms with E-state index in [1.165, 1.54) is 0 Å². The first-order valence-electron chi connectivity index (χ1n) is 12.3. The third kappa shape index (κ3) is 5.95. The first-order chi connectivity index (χ1) is 15.9. The number of β-amino-alcohol motifs (C(OH)–C–C–N with tert-alkyl or cyclic N) is 1. The summed E-state index contributed by atoms with van der Waals surface area (Å²) in [4.78, 5) is 32.0. The van der Waals surface area contributed by atoms with Crippen LogP contribution >= 0.6 is 0 Å². The molecule has 1 N–H and O–H groups in total. The number of para-hydroxylation sites is 1. The third-order valence-corrected chi connectivity index (χ3v) is 7.25. The standard InChI is InChI=1S/C26H37N3O4/c1-19(2)29-16-22-6-3-4-8-24(22)33-13-5-7-21-15-27(26(32)18-29)11-9-20(21)14-25(31)28-12-10-23(30)17-28/h3-8,19-21,23,30H,9-18H2,1-2H3/b7-5-/t20-,21-,23+/m0/s1. The normalized spacial score (nSPS) is 27.9. The number of benzene rings is 1. The number of fused-ring (bicyclic) bond motifs is 3. The maximum atomic E-state index is 13.3. The molecule has 2 saturated heterocycles. The van der Waals surface area contributed by atoms with Crippen LogP contribution in [0.5, 0.6) is 5.75 Å². The highest BCUT2D eigenvalue weighted by atomic mass is 16.5. The van der Waals surface area contributed by atoms with Crippen LogP contribution in [-0.4, -0.2) is 83.1 Å². The molecule has 0 aromatic heterocycles. The van der Waals surface area contributed by atoms with Crippen molar-refractivity contribution in [1.29, 1.82) is 0 Å². The zero-order valence-electron chi connectivity index (χ0n) is 19.9. The number of aliphatic hydroxyl groups excluding tert-OH is 1. The van der Waals surface area contributed by atoms with Crippen molar-refractivity contribution in [2.24, 2.45) is 11.8 Å². The molecule has 0 radical (unpaired) electrons. The average molecular weight is 456 g/mol. The molecular formula is C26H37N3O4. The monoisotopic (exact) mass is 455 g/mol. The van der Waals surface area contributed by atoms with Crippen molar-refractivity contribution in [1.82, 2.24) is 14.7 Å². The van der Waals surface area contributed by atoms with Gasteiger partial charge in [0, 0.05) is 50.7 Å². The van der Waals surface area contributed by atoms with Gasteiger partial charge in [-0.05, 0) is 44.6 Å². The van der Waals surface area contributed by atoms with Crippen LogP contribution < -0.4 is 4.74 Å². The summed E-state index contributed by atoms with van der Waals surface area (Å²) in [6, 6.07) is 8.26. The van der Waals surface area contributed by atoms with Crippen LogP contribution in [0.15, 0.2) is 36.4 Å². The van der Waals surface area contributed by atoms with Crippen LogP contribution in [0.25, 0.3) is 0 Å². The minimum atomic E-state index is -0.400. The van der Waals surface area contributed by atoms with E-state index < -0.39 is 6.10 Å². The van der Waals surface area contributed by atoms with Crippen LogP contribution in [0.2, 0.25) is 0 Å². The lowest BCUT2D eigenvalue weighted by atomic mass is 9.82. The van der Waals surface area contributed by atoms with Gasteiger partial charge < -0.3 is 19.6 Å². The van der Waals surface area contributed by atoms with Gasteiger partial charge >= 0.3 is 0 Å². The number of hydrogen-bond donors (Lipinski definition) is 1. The summed E-state index contributed by atoms with van der Waals surface area (Å²) in [6.45, 7) is 8.13. The first-order valence-corrected chi connectivity index (χ1v) is 12.3. The number of nitrogens with zero attached hydrogens (tertiary/aromatic N) is 3. The molecule has 180 valence electrons. The Labute approximate surface area is 197 Å². The van der Waals surface area contributed by atoms with Gasteiger partial charge in [-0.25, -0.2) is 0 Å². The van der Waals surface area contributed by atoms with Crippen molar-refractivity contribution in [2.75, 3.05) is 39.3 Å². The second-order valence-electron chi connectivity index (χ2n) is 9.88. The molecule has 0 saturated carbocycles. The average Bonchev–Trinajstić information content (AvgIpc) is 3.24. The summed E-state index contributed by atoms with van der Waals surface area (Å²) in [7, 11) is 0. The second kappa shape index (κ2) is 10.7. The van der Waals surface area contributed by atoms with Gasteiger partial charge in [0.1, 0.15) is 12.4 Å². The van der Waals surface area contributed by atoms with E-state index in [4.69, 9.17) is 4.74 Å². The van der Waals surface area contributed by atoms with Crippen molar-refractivity contribution in [3.8, 4) is 5.75 Å². The SMILES string of the molecule is CC(C)N1CC(=O)N2CC[C@@H](CC(=O)N3CC[C@@H](O)C3)[C@@H](/C=C\COc3ccccc3C1)C2. The fourth-order valence-electron chi connectivity index (χ4n) is 5.11. The molecule has 3 aliphatic rings. The molecule has 1 aromatic carbocycles. The molecule has 3 heterocycles. The number of likely N-dealkylation sites (tertiary alicyclic amines) is 1. The van der Waals surface area contributed by atoms with Crippen LogP contribution in [0, 0.1) is 11.8 Å². The molecule has 1 aromatic rings. The van der Waals surface area contributed by atoms with Gasteiger partial charge in [-0.1, -0.05) is 30.4 Å². The summed E-state index contributed by atoms with van der Waals surface area (Å²) < 4.78 is 6.09. The van der Waals surface area contributed by atoms with Crippen molar-refractivity contribution >= 4 is 11.8 Å². The Hall–Kier alpha value is -2.38. The quantitative estimate of drug-likeness (QED) is 0.708. The van der Waals surface area contributed by atoms with Crippen LogP contribution in [0.4, 0.5) is 0 Å². The largest absolute Gasteiger partial charge is 0.489 e. The molecule has 4 rings (SSSR count). The predicted molar refractivity (Wildman–Crippen MR) is 127 cm³/mol. The van der Waals surface area contributed by atoms with Crippen molar-refractivity contribution in [3.63, 3.8) is 0 Å². The van der Waals surface area contributed by atoms with Crippen LogP contribution in [0.3, 0.4) is 0 Å². The van der Waals surface area contributed by atoms with E-state index in [0.29, 0.717) is 58.7 Å². The number of carbonyl (C=O) groups is 2. The summed E-state index contributed by atoms with van der Waals surface area (Å²) in [5, 5.41) is 9.79. The van der Waals surface area contributed by atoms with E-state index in [-0.39, 0.29) is 29.7 Å². The number of piperidine rings is 1. The van der Waals surface area contributed by atoms with Crippen molar-refractivity contribution in [2.45, 2.75) is 51.8 Å². The lowest BCUT2D eigenvalue weighted by Crippen LogP contribution is -2.48. The lowest BCUT2D eigenvalue weighted by molar-refractivity contribution is -0.136. The Balaban J connectivity index is 1.51. The van der Waals surface area contributed by atoms with Crippen LogP contribution in [0.1, 0.15) is 38.7 Å². The predicted octanol–water partition coefficient (Wildman–Crippen LogP) is 2.29. The highest BCUT2D eigenvalue weighted by Gasteiger charge is 2.34. The van der Waals surface area contributed by atoms with E-state index in [2.05, 4.69) is 30.9 Å². The molecule has 7 heteroatoms. The minimum absolute atomic E-state index is 0.115. The molecule has 7 nitrogen and oxygen atoms in total. The number of hydrogen-bond acceptors (Lipinski definition) is 5. The summed E-state index contributed by atoms with van der Waals surface area (Å²) in [5.41, 5.74) is 1.08. The summed E-state index contributed by atoms with van der Waals surface area (Å²) in [6.07, 6.45) is 5.70. The number of amides is 2. The van der Waals surface area contributed by atoms with E-state index >= 15 is 0 Å². The highest BCUT2D eigenvalue weighted by molar-refractivity contribution is 5.79. The number of carbonyl (C=O) groups excluding carboxylic acids is 2. The molecule has 33 heavy (non-hydrogen) atoms. The molecule has 2 fully saturated rings. The molecule has 0 unspecified atom stereocenters. The Morgan fingerprint density at radius 1 is 1.15 bits per heavy atom. The van der Waals surface area contributed by atoms with E-state index in [1.807, 2.05) is 29.2 Å². The Morgan fingerprint density at radius 2 is 1.97 bits per heavy atom. The topological polar surface area (TPSA) is 73.3 Å². The number of aliphatic hydroxyl groups is 1. The van der Waals surface area contributed by atoms with Gasteiger partial charge in [0.05, 0.1) is 12.6 Å². The molecule has 3 atom stereocenters. The molecule has 2 amide bonds. The van der Waals surface area contributed by atoms with Crippen molar-refractivity contribution < 1.29 is 19.4 Å². The maximum Gasteiger partial charge on any atom is 0.236 e. The Kier molecular flexibility index (Phi) is 7.71. The van der Waals surface area contributed by atoms with Gasteiger partial charge in [0.15, 0.2) is 0 Å². The second-order valence-corrected chi connectivity index (χ2v) is 9.88. The number of ether oxygens (including phenoxy) is 1. The molecule has 0 spiro atoms. The number of rotatable bonds is 3. The molecular weight excluding hydrogens is 418 g/mol. The highest BCUT2D eigenvalue weighted by Crippen LogP contribution is 2.30. The van der Waals surface area contributed by atoms with Gasteiger partial charge in [0.2, 0.25) is 11.8 Å². The fraction of sp³-hybridized carbons (Fsp3) is 0.615. The molecule has 2 bridgehead atoms. The Morgan fingerprint density at radius 3 is 2.73 bits per heavy atom. The van der Waals surface area contributed by atoms with E-state index in [0.717, 1.165) is 17.7 Å². The zero-order chi connectivity index (χ0) is 23.4. The lowest BCUT2D eigenvalue weighted by Gasteiger charge is -2.39. The van der Waals surface area contributed by atoms with Gasteiger partial charge in [-0.15, -0.1) is 0 Å². The third-order valence-electron chi connectivity index (χ3n) is 7.25. The summed E-state index contributed by atoms with van der Waals surface area (Å²) >= 11 is 0. The Bertz CT molecular complexity index is 871. The van der Waals surface area contributed by atoms with Crippen molar-refractivity contribution in [3.05, 3.63) is 42.0 Å². The smallest absolute Gasteiger partial charge is 0.236 e. The molecule has 3 aliphatic heterocycles. The summed E-state index contributed by atoms with van der Waals surface area (Å²) in [5.74, 6) is 1.42. The molecule has 0 aliphatic carbocycles. The van der Waals surface area contributed by atoms with Crippen LogP contribution in [-0.2, 0) is 16.1 Å². The van der Waals surface area contributed by atoms with Gasteiger partial charge in [0.25, 0.3) is 0 Å². The fourth-order valence-corrected chi connectivity index (χ4v) is 5.11. The van der Waals surface area contributed by atoms with Gasteiger partial charge in [-0.3, -0.25) is 14.5 Å². The maximum absolute atomic E-state index is 13.3. The first kappa shape index (κ1) is 23.8. The van der Waals surface area contributed by atoms with E-state index in [9.17, 15) is 14.7 Å². The van der Waals surface area contributed by atoms with E-state index in [1.54, 1.807) is 4.90 Å². The zero-order valence-corrected chi connectivity index (χ0v) is 19.9. The minimum Gasteiger partial charge on any atom is -0.489 e. The van der Waals surface area contributed by atoms with Gasteiger partial charge in [-0.2, -0.15) is 0 Å².